The molecule has 0 radical (unpaired) electrons. The predicted molar refractivity (Wildman–Crippen MR) is 115 cm³/mol. The SMILES string of the molecule is CCNC(=O)[C@@H](C)N(Cc1ccc(Cl)c(Cl)c1)C(=O)Cc1ccc(Cl)cc1Cl. The zero-order chi connectivity index (χ0) is 20.8. The van der Waals surface area contributed by atoms with Crippen LogP contribution in [0.25, 0.3) is 0 Å². The molecule has 28 heavy (non-hydrogen) atoms. The average molecular weight is 462 g/mol. The van der Waals surface area contributed by atoms with Crippen molar-refractivity contribution in [2.24, 2.45) is 0 Å². The van der Waals surface area contributed by atoms with Gasteiger partial charge in [-0.15, -0.1) is 0 Å². The van der Waals surface area contributed by atoms with Crippen LogP contribution in [0.3, 0.4) is 0 Å². The molecule has 0 heterocycles. The topological polar surface area (TPSA) is 49.4 Å². The van der Waals surface area contributed by atoms with E-state index in [1.807, 2.05) is 6.92 Å². The van der Waals surface area contributed by atoms with Crippen molar-refractivity contribution >= 4 is 58.2 Å². The number of halogens is 4. The number of hydrogen-bond donors (Lipinski definition) is 1. The summed E-state index contributed by atoms with van der Waals surface area (Å²) in [6.45, 7) is 4.19. The Balaban J connectivity index is 2.29. The van der Waals surface area contributed by atoms with Gasteiger partial charge < -0.3 is 10.2 Å². The van der Waals surface area contributed by atoms with Crippen LogP contribution in [-0.4, -0.2) is 29.3 Å². The number of carbonyl (C=O) groups is 2. The molecule has 1 N–H and O–H groups in total. The minimum Gasteiger partial charge on any atom is -0.355 e. The quantitative estimate of drug-likeness (QED) is 0.600. The highest BCUT2D eigenvalue weighted by atomic mass is 35.5. The minimum absolute atomic E-state index is 0.0427. The Morgan fingerprint density at radius 2 is 1.71 bits per heavy atom. The van der Waals surface area contributed by atoms with Crippen LogP contribution in [0.15, 0.2) is 36.4 Å². The molecule has 0 spiro atoms. The molecular formula is C20H20Cl4N2O2. The zero-order valence-corrected chi connectivity index (χ0v) is 18.5. The van der Waals surface area contributed by atoms with Crippen LogP contribution < -0.4 is 5.32 Å². The summed E-state index contributed by atoms with van der Waals surface area (Å²) in [5.74, 6) is -0.479. The first-order chi connectivity index (χ1) is 13.2. The van der Waals surface area contributed by atoms with Gasteiger partial charge in [-0.25, -0.2) is 0 Å². The molecule has 0 aliphatic heterocycles. The van der Waals surface area contributed by atoms with Crippen LogP contribution >= 0.6 is 46.4 Å². The number of benzene rings is 2. The fourth-order valence-electron chi connectivity index (χ4n) is 2.67. The molecule has 0 fully saturated rings. The van der Waals surface area contributed by atoms with Crippen LogP contribution in [0.2, 0.25) is 20.1 Å². The third kappa shape index (κ3) is 6.02. The monoisotopic (exact) mass is 460 g/mol. The molecule has 8 heteroatoms. The molecule has 2 amide bonds. The molecule has 0 aliphatic rings. The largest absolute Gasteiger partial charge is 0.355 e. The Hall–Kier alpha value is -1.46. The van der Waals surface area contributed by atoms with Gasteiger partial charge in [0.05, 0.1) is 16.5 Å². The Kier molecular flexibility index (Phi) is 8.44. The summed E-state index contributed by atoms with van der Waals surface area (Å²) >= 11 is 24.2. The summed E-state index contributed by atoms with van der Waals surface area (Å²) in [6.07, 6.45) is 0.0427. The first kappa shape index (κ1) is 22.8. The van der Waals surface area contributed by atoms with Crippen molar-refractivity contribution in [3.05, 3.63) is 67.6 Å². The third-order valence-electron chi connectivity index (χ3n) is 4.21. The van der Waals surface area contributed by atoms with Gasteiger partial charge in [0.2, 0.25) is 11.8 Å². The third-order valence-corrected chi connectivity index (χ3v) is 5.54. The highest BCUT2D eigenvalue weighted by Crippen LogP contribution is 2.25. The smallest absolute Gasteiger partial charge is 0.242 e. The molecule has 2 aromatic rings. The van der Waals surface area contributed by atoms with Gasteiger partial charge in [-0.3, -0.25) is 9.59 Å². The summed E-state index contributed by atoms with van der Waals surface area (Å²) in [6, 6.07) is 9.41. The van der Waals surface area contributed by atoms with Crippen LogP contribution in [0.4, 0.5) is 0 Å². The number of carbonyl (C=O) groups excluding carboxylic acids is 2. The molecule has 2 rings (SSSR count). The van der Waals surface area contributed by atoms with E-state index in [1.165, 1.54) is 4.90 Å². The second kappa shape index (κ2) is 10.4. The van der Waals surface area contributed by atoms with Gasteiger partial charge in [0.15, 0.2) is 0 Å². The molecule has 0 unspecified atom stereocenters. The van der Waals surface area contributed by atoms with Gasteiger partial charge in [0.25, 0.3) is 0 Å². The average Bonchev–Trinajstić information content (AvgIpc) is 2.64. The molecular weight excluding hydrogens is 442 g/mol. The maximum absolute atomic E-state index is 13.1. The number of amides is 2. The summed E-state index contributed by atoms with van der Waals surface area (Å²) in [4.78, 5) is 26.9. The lowest BCUT2D eigenvalue weighted by Crippen LogP contribution is -2.48. The molecule has 4 nitrogen and oxygen atoms in total. The van der Waals surface area contributed by atoms with E-state index in [-0.39, 0.29) is 24.8 Å². The van der Waals surface area contributed by atoms with Crippen molar-refractivity contribution in [2.75, 3.05) is 6.54 Å². The van der Waals surface area contributed by atoms with E-state index in [1.54, 1.807) is 43.3 Å². The predicted octanol–water partition coefficient (Wildman–Crippen LogP) is 5.40. The van der Waals surface area contributed by atoms with Gasteiger partial charge >= 0.3 is 0 Å². The number of likely N-dealkylation sites (N-methyl/N-ethyl adjacent to an activating group) is 1. The Morgan fingerprint density at radius 1 is 1.00 bits per heavy atom. The fraction of sp³-hybridized carbons (Fsp3) is 0.300. The molecule has 150 valence electrons. The maximum Gasteiger partial charge on any atom is 0.242 e. The lowest BCUT2D eigenvalue weighted by molar-refractivity contribution is -0.140. The Labute approximate surface area is 184 Å². The molecule has 0 saturated carbocycles. The Bertz CT molecular complexity index is 873. The molecule has 0 aliphatic carbocycles. The molecule has 0 bridgehead atoms. The standard InChI is InChI=1S/C20H20Cl4N2O2/c1-3-25-20(28)12(2)26(11-13-4-7-16(22)18(24)8-13)19(27)9-14-5-6-15(21)10-17(14)23/h4-8,10,12H,3,9,11H2,1-2H3,(H,25,28)/t12-/m1/s1. The van der Waals surface area contributed by atoms with E-state index in [2.05, 4.69) is 5.32 Å². The van der Waals surface area contributed by atoms with E-state index in [9.17, 15) is 9.59 Å². The van der Waals surface area contributed by atoms with Crippen molar-refractivity contribution in [3.8, 4) is 0 Å². The Morgan fingerprint density at radius 3 is 2.32 bits per heavy atom. The summed E-state index contributed by atoms with van der Waals surface area (Å²) in [5.41, 5.74) is 1.40. The normalized spacial score (nSPS) is 11.8. The van der Waals surface area contributed by atoms with Crippen molar-refractivity contribution < 1.29 is 9.59 Å². The van der Waals surface area contributed by atoms with Crippen molar-refractivity contribution in [1.82, 2.24) is 10.2 Å². The molecule has 0 aromatic heterocycles. The van der Waals surface area contributed by atoms with Crippen molar-refractivity contribution in [3.63, 3.8) is 0 Å². The lowest BCUT2D eigenvalue weighted by Gasteiger charge is -2.29. The first-order valence-electron chi connectivity index (χ1n) is 8.68. The van der Waals surface area contributed by atoms with Crippen molar-refractivity contribution in [1.29, 1.82) is 0 Å². The minimum atomic E-state index is -0.673. The van der Waals surface area contributed by atoms with E-state index >= 15 is 0 Å². The van der Waals surface area contributed by atoms with Gasteiger partial charge in [-0.05, 0) is 49.2 Å². The van der Waals surface area contributed by atoms with E-state index in [0.29, 0.717) is 32.2 Å². The molecule has 0 saturated heterocycles. The van der Waals surface area contributed by atoms with Crippen LogP contribution in [0, 0.1) is 0 Å². The van der Waals surface area contributed by atoms with Gasteiger partial charge in [-0.2, -0.15) is 0 Å². The summed E-state index contributed by atoms with van der Waals surface area (Å²) in [7, 11) is 0. The molecule has 2 aromatic carbocycles. The van der Waals surface area contributed by atoms with E-state index < -0.39 is 6.04 Å². The van der Waals surface area contributed by atoms with E-state index in [4.69, 9.17) is 46.4 Å². The first-order valence-corrected chi connectivity index (χ1v) is 10.2. The number of nitrogens with zero attached hydrogens (tertiary/aromatic N) is 1. The van der Waals surface area contributed by atoms with E-state index in [0.717, 1.165) is 5.56 Å². The maximum atomic E-state index is 13.1. The van der Waals surface area contributed by atoms with Crippen molar-refractivity contribution in [2.45, 2.75) is 32.9 Å². The lowest BCUT2D eigenvalue weighted by atomic mass is 10.1. The highest BCUT2D eigenvalue weighted by Gasteiger charge is 2.26. The molecule has 1 atom stereocenters. The van der Waals surface area contributed by atoms with Crippen LogP contribution in [0.5, 0.6) is 0 Å². The summed E-state index contributed by atoms with van der Waals surface area (Å²) < 4.78 is 0. The van der Waals surface area contributed by atoms with Gasteiger partial charge in [0, 0.05) is 23.1 Å². The highest BCUT2D eigenvalue weighted by molar-refractivity contribution is 6.42. The zero-order valence-electron chi connectivity index (χ0n) is 15.4. The summed E-state index contributed by atoms with van der Waals surface area (Å²) in [5, 5.41) is 4.45. The number of nitrogens with one attached hydrogen (secondary N) is 1. The van der Waals surface area contributed by atoms with Crippen LogP contribution in [0.1, 0.15) is 25.0 Å². The van der Waals surface area contributed by atoms with Crippen LogP contribution in [-0.2, 0) is 22.6 Å². The van der Waals surface area contributed by atoms with Gasteiger partial charge in [0.1, 0.15) is 6.04 Å². The van der Waals surface area contributed by atoms with Gasteiger partial charge in [-0.1, -0.05) is 58.5 Å². The number of hydrogen-bond acceptors (Lipinski definition) is 2. The second-order valence-electron chi connectivity index (χ2n) is 6.25. The number of rotatable bonds is 7. The fourth-order valence-corrected chi connectivity index (χ4v) is 3.46. The second-order valence-corrected chi connectivity index (χ2v) is 7.91.